The molecular formula is C25H29N3O4. The Morgan fingerprint density at radius 1 is 1.19 bits per heavy atom. The number of hydrogen-bond donors (Lipinski definition) is 1. The third kappa shape index (κ3) is 4.94. The van der Waals surface area contributed by atoms with Gasteiger partial charge in [-0.05, 0) is 50.8 Å². The number of amides is 1. The third-order valence-corrected chi connectivity index (χ3v) is 5.48. The van der Waals surface area contributed by atoms with Crippen molar-refractivity contribution >= 4 is 16.8 Å². The van der Waals surface area contributed by atoms with E-state index in [0.29, 0.717) is 30.9 Å². The number of pyridine rings is 1. The van der Waals surface area contributed by atoms with E-state index in [4.69, 9.17) is 14.2 Å². The number of carbonyl (C=O) groups excluding carboxylic acids is 1. The molecule has 1 aliphatic rings. The van der Waals surface area contributed by atoms with E-state index in [1.54, 1.807) is 13.2 Å². The first-order chi connectivity index (χ1) is 15.3. The number of rotatable bonds is 8. The largest absolute Gasteiger partial charge is 0.492 e. The highest BCUT2D eigenvalue weighted by atomic mass is 16.5. The lowest BCUT2D eigenvalue weighted by Crippen LogP contribution is -2.36. The summed E-state index contributed by atoms with van der Waals surface area (Å²) in [6.07, 6.45) is 2.72. The van der Waals surface area contributed by atoms with Crippen LogP contribution >= 0.6 is 0 Å². The second kappa shape index (κ2) is 9.04. The quantitative estimate of drug-likeness (QED) is 0.580. The molecule has 0 spiro atoms. The molecule has 4 rings (SSSR count). The number of likely N-dealkylation sites (N-methyl/N-ethyl adjacent to an activating group) is 1. The minimum Gasteiger partial charge on any atom is -0.492 e. The molecule has 2 aromatic carbocycles. The van der Waals surface area contributed by atoms with E-state index < -0.39 is 5.60 Å². The van der Waals surface area contributed by atoms with Gasteiger partial charge in [0.15, 0.2) is 0 Å². The number of ether oxygens (including phenoxy) is 3. The molecule has 3 aromatic rings. The fourth-order valence-electron chi connectivity index (χ4n) is 3.82. The topological polar surface area (TPSA) is 72.9 Å². The molecule has 1 aromatic heterocycles. The van der Waals surface area contributed by atoms with Crippen LogP contribution in [-0.2, 0) is 11.2 Å². The van der Waals surface area contributed by atoms with Gasteiger partial charge in [0.1, 0.15) is 35.2 Å². The second-order valence-corrected chi connectivity index (χ2v) is 8.59. The van der Waals surface area contributed by atoms with Crippen LogP contribution in [0.4, 0.5) is 0 Å². The van der Waals surface area contributed by atoms with Crippen molar-refractivity contribution in [1.29, 1.82) is 0 Å². The van der Waals surface area contributed by atoms with Gasteiger partial charge in [0.2, 0.25) is 5.91 Å². The molecule has 0 bridgehead atoms. The number of nitrogens with one attached hydrogen (secondary N) is 1. The molecule has 32 heavy (non-hydrogen) atoms. The Morgan fingerprint density at radius 2 is 2.00 bits per heavy atom. The first kappa shape index (κ1) is 21.9. The predicted molar refractivity (Wildman–Crippen MR) is 124 cm³/mol. The number of aromatic nitrogens is 1. The van der Waals surface area contributed by atoms with Gasteiger partial charge in [0.05, 0.1) is 11.9 Å². The molecule has 7 heteroatoms. The van der Waals surface area contributed by atoms with Gasteiger partial charge in [-0.3, -0.25) is 9.78 Å². The fourth-order valence-corrected chi connectivity index (χ4v) is 3.82. The molecule has 1 N–H and O–H groups in total. The van der Waals surface area contributed by atoms with Gasteiger partial charge in [-0.25, -0.2) is 0 Å². The Hall–Kier alpha value is -3.32. The van der Waals surface area contributed by atoms with Gasteiger partial charge in [-0.2, -0.15) is 0 Å². The molecule has 1 aliphatic heterocycles. The summed E-state index contributed by atoms with van der Waals surface area (Å²) < 4.78 is 18.1. The first-order valence-electron chi connectivity index (χ1n) is 10.7. The van der Waals surface area contributed by atoms with Crippen LogP contribution in [0.3, 0.4) is 0 Å². The van der Waals surface area contributed by atoms with E-state index in [2.05, 4.69) is 15.2 Å². The summed E-state index contributed by atoms with van der Waals surface area (Å²) in [5.74, 6) is 2.88. The fraction of sp³-hybridized carbons (Fsp3) is 0.360. The van der Waals surface area contributed by atoms with E-state index in [1.807, 2.05) is 63.5 Å². The lowest BCUT2D eigenvalue weighted by atomic mass is 9.95. The Kier molecular flexibility index (Phi) is 6.19. The van der Waals surface area contributed by atoms with Gasteiger partial charge >= 0.3 is 0 Å². The second-order valence-electron chi connectivity index (χ2n) is 8.59. The smallest absolute Gasteiger partial charge is 0.223 e. The summed E-state index contributed by atoms with van der Waals surface area (Å²) in [5.41, 5.74) is 1.33. The summed E-state index contributed by atoms with van der Waals surface area (Å²) in [6, 6.07) is 13.5. The van der Waals surface area contributed by atoms with Crippen LogP contribution in [0.2, 0.25) is 0 Å². The van der Waals surface area contributed by atoms with Crippen molar-refractivity contribution in [3.05, 3.63) is 54.2 Å². The van der Waals surface area contributed by atoms with Crippen molar-refractivity contribution < 1.29 is 19.0 Å². The minimum atomic E-state index is -0.548. The minimum absolute atomic E-state index is 0.0369. The number of carbonyl (C=O) groups is 1. The van der Waals surface area contributed by atoms with Crippen LogP contribution in [0.25, 0.3) is 10.9 Å². The Balaban J connectivity index is 1.50. The maximum absolute atomic E-state index is 11.8. The summed E-state index contributed by atoms with van der Waals surface area (Å²) in [6.45, 7) is 3.41. The lowest BCUT2D eigenvalue weighted by molar-refractivity contribution is -0.123. The third-order valence-electron chi connectivity index (χ3n) is 5.48. The summed E-state index contributed by atoms with van der Waals surface area (Å²) in [7, 11) is 5.67. The molecule has 0 saturated heterocycles. The Labute approximate surface area is 188 Å². The normalized spacial score (nSPS) is 17.2. The summed E-state index contributed by atoms with van der Waals surface area (Å²) >= 11 is 0. The molecule has 1 unspecified atom stereocenters. The number of hydrogen-bond acceptors (Lipinski definition) is 6. The van der Waals surface area contributed by atoms with Crippen molar-refractivity contribution in [2.75, 3.05) is 34.3 Å². The molecule has 0 radical (unpaired) electrons. The van der Waals surface area contributed by atoms with Gasteiger partial charge < -0.3 is 24.4 Å². The highest BCUT2D eigenvalue weighted by Crippen LogP contribution is 2.40. The highest BCUT2D eigenvalue weighted by Gasteiger charge is 2.36. The molecule has 0 saturated carbocycles. The van der Waals surface area contributed by atoms with Crippen LogP contribution < -0.4 is 19.5 Å². The van der Waals surface area contributed by atoms with E-state index in [9.17, 15) is 4.79 Å². The standard InChI is InChI=1S/C25H29N3O4/c1-25(16-24(29)26-2)15-17-5-6-19(14-23(17)32-25)31-22-9-10-27-21-13-18(7-8-20(21)22)30-12-11-28(3)4/h5-10,13-14H,11-12,15-16H2,1-4H3,(H,26,29). The van der Waals surface area contributed by atoms with Crippen LogP contribution in [0.1, 0.15) is 18.9 Å². The van der Waals surface area contributed by atoms with Crippen molar-refractivity contribution in [1.82, 2.24) is 15.2 Å². The van der Waals surface area contributed by atoms with Crippen molar-refractivity contribution in [2.24, 2.45) is 0 Å². The van der Waals surface area contributed by atoms with Crippen LogP contribution in [0.15, 0.2) is 48.7 Å². The maximum Gasteiger partial charge on any atom is 0.223 e. The molecule has 7 nitrogen and oxygen atoms in total. The zero-order valence-corrected chi connectivity index (χ0v) is 19.0. The van der Waals surface area contributed by atoms with Crippen molar-refractivity contribution in [3.8, 4) is 23.0 Å². The van der Waals surface area contributed by atoms with Gasteiger partial charge in [0, 0.05) is 43.7 Å². The van der Waals surface area contributed by atoms with Crippen LogP contribution in [0.5, 0.6) is 23.0 Å². The van der Waals surface area contributed by atoms with Crippen LogP contribution in [-0.4, -0.2) is 55.7 Å². The Bertz CT molecular complexity index is 1130. The van der Waals surface area contributed by atoms with Gasteiger partial charge in [-0.1, -0.05) is 6.07 Å². The molecule has 0 aliphatic carbocycles. The molecule has 168 valence electrons. The van der Waals surface area contributed by atoms with Crippen molar-refractivity contribution in [3.63, 3.8) is 0 Å². The van der Waals surface area contributed by atoms with Crippen molar-refractivity contribution in [2.45, 2.75) is 25.4 Å². The summed E-state index contributed by atoms with van der Waals surface area (Å²) in [4.78, 5) is 18.4. The predicted octanol–water partition coefficient (Wildman–Crippen LogP) is 3.80. The highest BCUT2D eigenvalue weighted by molar-refractivity contribution is 5.86. The van der Waals surface area contributed by atoms with E-state index >= 15 is 0 Å². The molecule has 1 amide bonds. The first-order valence-corrected chi connectivity index (χ1v) is 10.7. The molecule has 2 heterocycles. The zero-order valence-electron chi connectivity index (χ0n) is 19.0. The zero-order chi connectivity index (χ0) is 22.7. The van der Waals surface area contributed by atoms with E-state index in [-0.39, 0.29) is 5.91 Å². The van der Waals surface area contributed by atoms with Crippen LogP contribution in [0, 0.1) is 0 Å². The summed E-state index contributed by atoms with van der Waals surface area (Å²) in [5, 5.41) is 3.57. The number of fused-ring (bicyclic) bond motifs is 2. The van der Waals surface area contributed by atoms with E-state index in [1.165, 1.54) is 0 Å². The molecular weight excluding hydrogens is 406 g/mol. The van der Waals surface area contributed by atoms with Gasteiger partial charge in [0.25, 0.3) is 0 Å². The number of nitrogens with zero attached hydrogens (tertiary/aromatic N) is 2. The average Bonchev–Trinajstić information content (AvgIpc) is 3.08. The monoisotopic (exact) mass is 435 g/mol. The molecule has 1 atom stereocenters. The lowest BCUT2D eigenvalue weighted by Gasteiger charge is -2.22. The van der Waals surface area contributed by atoms with E-state index in [0.717, 1.165) is 34.5 Å². The maximum atomic E-state index is 11.8. The SMILES string of the molecule is CNC(=O)CC1(C)Cc2ccc(Oc3ccnc4cc(OCCN(C)C)ccc34)cc2O1. The van der Waals surface area contributed by atoms with Gasteiger partial charge in [-0.15, -0.1) is 0 Å². The Morgan fingerprint density at radius 3 is 2.78 bits per heavy atom. The number of benzene rings is 2. The molecule has 0 fully saturated rings. The average molecular weight is 436 g/mol.